The second-order valence-corrected chi connectivity index (χ2v) is 6.32. The topological polar surface area (TPSA) is 53.2 Å². The van der Waals surface area contributed by atoms with Gasteiger partial charge in [0.05, 0.1) is 12.0 Å². The molecular formula is C17H17Cl2N3O. The molecule has 0 bridgehead atoms. The van der Waals surface area contributed by atoms with Crippen molar-refractivity contribution in [3.63, 3.8) is 0 Å². The highest BCUT2D eigenvalue weighted by Gasteiger charge is 2.33. The predicted octanol–water partition coefficient (Wildman–Crippen LogP) is 3.07. The maximum atomic E-state index is 12.5. The third-order valence-corrected chi connectivity index (χ3v) is 4.54. The van der Waals surface area contributed by atoms with E-state index in [1.54, 1.807) is 0 Å². The summed E-state index contributed by atoms with van der Waals surface area (Å²) in [6.45, 7) is 0.975. The van der Waals surface area contributed by atoms with Gasteiger partial charge in [0.2, 0.25) is 5.91 Å². The maximum absolute atomic E-state index is 12.5. The number of rotatable bonds is 4. The van der Waals surface area contributed by atoms with Gasteiger partial charge in [-0.15, -0.1) is 0 Å². The second kappa shape index (κ2) is 7.32. The summed E-state index contributed by atoms with van der Waals surface area (Å²) in [6.07, 6.45) is 0. The molecule has 0 radical (unpaired) electrons. The average Bonchev–Trinajstić information content (AvgIpc) is 3.03. The fraction of sp³-hybridized carbons (Fsp3) is 0.235. The number of hydrazine groups is 1. The number of hydrogen-bond donors (Lipinski definition) is 3. The van der Waals surface area contributed by atoms with Gasteiger partial charge in [-0.2, -0.15) is 0 Å². The Morgan fingerprint density at radius 1 is 1.17 bits per heavy atom. The van der Waals surface area contributed by atoms with Crippen LogP contribution in [0.15, 0.2) is 48.5 Å². The Balaban J connectivity index is 1.68. The highest BCUT2D eigenvalue weighted by atomic mass is 35.5. The van der Waals surface area contributed by atoms with Crippen LogP contribution in [-0.2, 0) is 11.3 Å². The summed E-state index contributed by atoms with van der Waals surface area (Å²) in [5, 5.41) is 4.27. The van der Waals surface area contributed by atoms with Gasteiger partial charge >= 0.3 is 0 Å². The Morgan fingerprint density at radius 2 is 2.00 bits per heavy atom. The number of carbonyl (C=O) groups is 1. The van der Waals surface area contributed by atoms with Gasteiger partial charge in [0.25, 0.3) is 0 Å². The largest absolute Gasteiger partial charge is 0.352 e. The molecule has 2 aromatic rings. The van der Waals surface area contributed by atoms with E-state index in [-0.39, 0.29) is 17.9 Å². The molecule has 1 fully saturated rings. The van der Waals surface area contributed by atoms with Crippen molar-refractivity contribution in [1.29, 1.82) is 0 Å². The van der Waals surface area contributed by atoms with Crippen molar-refractivity contribution in [2.24, 2.45) is 5.92 Å². The van der Waals surface area contributed by atoms with Gasteiger partial charge in [-0.05, 0) is 29.3 Å². The quantitative estimate of drug-likeness (QED) is 0.794. The van der Waals surface area contributed by atoms with E-state index in [9.17, 15) is 4.79 Å². The van der Waals surface area contributed by atoms with Crippen LogP contribution in [-0.4, -0.2) is 12.5 Å². The first-order valence-electron chi connectivity index (χ1n) is 7.40. The van der Waals surface area contributed by atoms with E-state index in [4.69, 9.17) is 23.2 Å². The van der Waals surface area contributed by atoms with Crippen LogP contribution in [0.4, 0.5) is 0 Å². The van der Waals surface area contributed by atoms with Crippen LogP contribution >= 0.6 is 23.2 Å². The summed E-state index contributed by atoms with van der Waals surface area (Å²) in [4.78, 5) is 12.5. The fourth-order valence-corrected chi connectivity index (χ4v) is 3.11. The summed E-state index contributed by atoms with van der Waals surface area (Å²) in [6, 6.07) is 14.9. The van der Waals surface area contributed by atoms with Crippen LogP contribution in [0.3, 0.4) is 0 Å². The minimum absolute atomic E-state index is 0.0209. The normalized spacial score (nSPS) is 20.4. The molecule has 0 aromatic heterocycles. The first-order valence-corrected chi connectivity index (χ1v) is 8.16. The molecule has 1 amide bonds. The van der Waals surface area contributed by atoms with E-state index < -0.39 is 0 Å². The van der Waals surface area contributed by atoms with Crippen LogP contribution in [0.25, 0.3) is 0 Å². The standard InChI is InChI=1S/C17H17Cl2N3O/c18-13-6-3-5-11(8-13)16-14(10-21-22-16)17(23)20-9-12-4-1-2-7-15(12)19/h1-8,14,16,21-22H,9-10H2,(H,20,23). The van der Waals surface area contributed by atoms with Crippen molar-refractivity contribution in [3.05, 3.63) is 69.7 Å². The van der Waals surface area contributed by atoms with Crippen LogP contribution in [0, 0.1) is 5.92 Å². The predicted molar refractivity (Wildman–Crippen MR) is 92.1 cm³/mol. The molecule has 4 nitrogen and oxygen atoms in total. The Bertz CT molecular complexity index is 708. The van der Waals surface area contributed by atoms with Gasteiger partial charge in [0, 0.05) is 23.1 Å². The van der Waals surface area contributed by atoms with Crippen molar-refractivity contribution < 1.29 is 4.79 Å². The third-order valence-electron chi connectivity index (χ3n) is 3.94. The Morgan fingerprint density at radius 3 is 2.78 bits per heavy atom. The zero-order valence-electron chi connectivity index (χ0n) is 12.4. The smallest absolute Gasteiger partial charge is 0.226 e. The fourth-order valence-electron chi connectivity index (χ4n) is 2.71. The minimum atomic E-state index is -0.212. The van der Waals surface area contributed by atoms with E-state index in [1.807, 2.05) is 48.5 Å². The van der Waals surface area contributed by atoms with E-state index in [2.05, 4.69) is 16.2 Å². The van der Waals surface area contributed by atoms with Crippen molar-refractivity contribution >= 4 is 29.1 Å². The van der Waals surface area contributed by atoms with Crippen molar-refractivity contribution in [2.75, 3.05) is 6.54 Å². The van der Waals surface area contributed by atoms with E-state index in [0.29, 0.717) is 23.1 Å². The molecule has 6 heteroatoms. The van der Waals surface area contributed by atoms with Gasteiger partial charge < -0.3 is 5.32 Å². The van der Waals surface area contributed by atoms with Crippen LogP contribution < -0.4 is 16.2 Å². The molecule has 1 aliphatic heterocycles. The third kappa shape index (κ3) is 3.85. The number of halogens is 2. The summed E-state index contributed by atoms with van der Waals surface area (Å²) >= 11 is 12.2. The molecule has 1 aliphatic rings. The lowest BCUT2D eigenvalue weighted by atomic mass is 9.94. The molecule has 2 unspecified atom stereocenters. The van der Waals surface area contributed by atoms with Crippen LogP contribution in [0.2, 0.25) is 10.0 Å². The van der Waals surface area contributed by atoms with Gasteiger partial charge in [0.1, 0.15) is 0 Å². The number of carbonyl (C=O) groups excluding carboxylic acids is 1. The molecule has 1 saturated heterocycles. The Kier molecular flexibility index (Phi) is 5.18. The maximum Gasteiger partial charge on any atom is 0.226 e. The summed E-state index contributed by atoms with van der Waals surface area (Å²) in [7, 11) is 0. The lowest BCUT2D eigenvalue weighted by Gasteiger charge is -2.19. The second-order valence-electron chi connectivity index (χ2n) is 5.47. The molecule has 3 rings (SSSR count). The lowest BCUT2D eigenvalue weighted by molar-refractivity contribution is -0.125. The molecule has 1 heterocycles. The number of nitrogens with one attached hydrogen (secondary N) is 3. The minimum Gasteiger partial charge on any atom is -0.352 e. The van der Waals surface area contributed by atoms with E-state index >= 15 is 0 Å². The molecule has 2 atom stereocenters. The van der Waals surface area contributed by atoms with E-state index in [1.165, 1.54) is 0 Å². The molecule has 23 heavy (non-hydrogen) atoms. The highest BCUT2D eigenvalue weighted by molar-refractivity contribution is 6.31. The molecular weight excluding hydrogens is 333 g/mol. The Labute approximate surface area is 145 Å². The molecule has 0 spiro atoms. The number of amides is 1. The zero-order valence-corrected chi connectivity index (χ0v) is 13.9. The van der Waals surface area contributed by atoms with Crippen molar-refractivity contribution in [2.45, 2.75) is 12.6 Å². The summed E-state index contributed by atoms with van der Waals surface area (Å²) in [5.41, 5.74) is 8.09. The van der Waals surface area contributed by atoms with Gasteiger partial charge in [-0.3, -0.25) is 10.2 Å². The molecule has 0 aliphatic carbocycles. The van der Waals surface area contributed by atoms with Gasteiger partial charge in [-0.1, -0.05) is 53.5 Å². The van der Waals surface area contributed by atoms with Crippen LogP contribution in [0.1, 0.15) is 17.2 Å². The first kappa shape index (κ1) is 16.3. The van der Waals surface area contributed by atoms with Gasteiger partial charge in [-0.25, -0.2) is 5.43 Å². The van der Waals surface area contributed by atoms with Crippen molar-refractivity contribution in [3.8, 4) is 0 Å². The lowest BCUT2D eigenvalue weighted by Crippen LogP contribution is -2.34. The van der Waals surface area contributed by atoms with Crippen LogP contribution in [0.5, 0.6) is 0 Å². The SMILES string of the molecule is O=C(NCc1ccccc1Cl)C1CNNC1c1cccc(Cl)c1. The highest BCUT2D eigenvalue weighted by Crippen LogP contribution is 2.27. The number of hydrogen-bond acceptors (Lipinski definition) is 3. The molecule has 3 N–H and O–H groups in total. The van der Waals surface area contributed by atoms with E-state index in [0.717, 1.165) is 11.1 Å². The average molecular weight is 350 g/mol. The molecule has 2 aromatic carbocycles. The van der Waals surface area contributed by atoms with Crippen molar-refractivity contribution in [1.82, 2.24) is 16.2 Å². The Hall–Kier alpha value is -1.59. The zero-order chi connectivity index (χ0) is 16.2. The van der Waals surface area contributed by atoms with Gasteiger partial charge in [0.15, 0.2) is 0 Å². The number of benzene rings is 2. The summed E-state index contributed by atoms with van der Waals surface area (Å²) < 4.78 is 0. The molecule has 0 saturated carbocycles. The monoisotopic (exact) mass is 349 g/mol. The summed E-state index contributed by atoms with van der Waals surface area (Å²) in [5.74, 6) is -0.233. The first-order chi connectivity index (χ1) is 11.1. The molecule has 120 valence electrons.